The summed E-state index contributed by atoms with van der Waals surface area (Å²) in [6.07, 6.45) is 7.51. The molecule has 3 heterocycles. The lowest BCUT2D eigenvalue weighted by Crippen LogP contribution is -2.17. The van der Waals surface area contributed by atoms with Crippen LogP contribution >= 0.6 is 0 Å². The highest BCUT2D eigenvalue weighted by Crippen LogP contribution is 2.54. The third-order valence-corrected chi connectivity index (χ3v) is 12.2. The molecule has 0 bridgehead atoms. The Morgan fingerprint density at radius 3 is 2.23 bits per heavy atom. The van der Waals surface area contributed by atoms with E-state index in [0.717, 1.165) is 40.3 Å². The van der Waals surface area contributed by atoms with E-state index in [1.165, 1.54) is 61.1 Å². The van der Waals surface area contributed by atoms with Gasteiger partial charge in [0.05, 0.1) is 22.4 Å². The number of hydrogen-bond donors (Lipinski definition) is 0. The number of aromatic nitrogens is 3. The Morgan fingerprint density at radius 2 is 1.39 bits per heavy atom. The molecular weight excluding hydrogens is 693 g/mol. The summed E-state index contributed by atoms with van der Waals surface area (Å²) < 4.78 is 2.42. The average molecular weight is 733 g/mol. The van der Waals surface area contributed by atoms with Gasteiger partial charge in [0.15, 0.2) is 0 Å². The van der Waals surface area contributed by atoms with Crippen LogP contribution in [0.4, 0.5) is 17.2 Å². The van der Waals surface area contributed by atoms with E-state index in [4.69, 9.17) is 9.97 Å². The van der Waals surface area contributed by atoms with Crippen LogP contribution in [0.1, 0.15) is 47.7 Å². The fourth-order valence-corrected chi connectivity index (χ4v) is 9.47. The topological polar surface area (TPSA) is 34.0 Å². The summed E-state index contributed by atoms with van der Waals surface area (Å²) in [6, 6.07) is 61.2. The zero-order valence-electron chi connectivity index (χ0n) is 32.0. The molecule has 6 aromatic carbocycles. The first kappa shape index (κ1) is 33.3. The van der Waals surface area contributed by atoms with Crippen molar-refractivity contribution in [2.24, 2.45) is 0 Å². The predicted octanol–water partition coefficient (Wildman–Crippen LogP) is 13.4. The Labute approximate surface area is 333 Å². The standard InChI is InChI=1S/C53H40N4/c1-53(2)43-21-11-9-20-41(43)51-44(53)22-13-25-48(51)56(39-29-26-37(27-30-39)35-15-5-3-6-16-35)50-34-49(52-45(55-50)23-14-32-54-52)57-46-24-12-10-19-40(46)42-33-38(28-31-47(42)57)36-17-7-4-8-18-36/h3-32,34,38H,33H2,1-2H3. The largest absolute Gasteiger partial charge is 0.307 e. The van der Waals surface area contributed by atoms with E-state index in [1.54, 1.807) is 0 Å². The molecule has 1 atom stereocenters. The minimum Gasteiger partial charge on any atom is -0.307 e. The Balaban J connectivity index is 1.16. The summed E-state index contributed by atoms with van der Waals surface area (Å²) in [5, 5.41) is 1.27. The molecular formula is C53H40N4. The summed E-state index contributed by atoms with van der Waals surface area (Å²) in [5.74, 6) is 1.14. The molecule has 0 N–H and O–H groups in total. The maximum absolute atomic E-state index is 5.47. The Morgan fingerprint density at radius 1 is 0.667 bits per heavy atom. The molecule has 2 aliphatic carbocycles. The summed E-state index contributed by atoms with van der Waals surface area (Å²) in [7, 11) is 0. The second-order valence-electron chi connectivity index (χ2n) is 15.8. The molecule has 272 valence electrons. The summed E-state index contributed by atoms with van der Waals surface area (Å²) >= 11 is 0. The van der Waals surface area contributed by atoms with Crippen LogP contribution in [0.5, 0.6) is 0 Å². The number of fused-ring (bicyclic) bond motifs is 7. The van der Waals surface area contributed by atoms with Crippen LogP contribution in [0.3, 0.4) is 0 Å². The van der Waals surface area contributed by atoms with E-state index in [2.05, 4.69) is 199 Å². The van der Waals surface area contributed by atoms with Gasteiger partial charge in [0.25, 0.3) is 0 Å². The lowest BCUT2D eigenvalue weighted by Gasteiger charge is -2.29. The van der Waals surface area contributed by atoms with Crippen molar-refractivity contribution in [2.75, 3.05) is 4.90 Å². The van der Waals surface area contributed by atoms with Crippen molar-refractivity contribution >= 4 is 45.2 Å². The molecule has 57 heavy (non-hydrogen) atoms. The molecule has 1 unspecified atom stereocenters. The van der Waals surface area contributed by atoms with Crippen molar-refractivity contribution in [3.63, 3.8) is 0 Å². The Hall–Kier alpha value is -7.04. The normalized spacial score (nSPS) is 15.0. The van der Waals surface area contributed by atoms with Crippen molar-refractivity contribution in [1.29, 1.82) is 0 Å². The monoisotopic (exact) mass is 732 g/mol. The molecule has 4 heteroatoms. The Bertz CT molecular complexity index is 3010. The SMILES string of the molecule is CC1(C)c2ccccc2-c2c(N(c3ccc(-c4ccccc4)cc3)c3cc(-n4c5c(c6ccccc64)CC(c4ccccc4)C=C5)c4ncccc4n3)cccc21. The number of para-hydroxylation sites is 1. The van der Waals surface area contributed by atoms with Crippen molar-refractivity contribution in [1.82, 2.24) is 14.5 Å². The first-order chi connectivity index (χ1) is 28.0. The maximum atomic E-state index is 5.47. The van der Waals surface area contributed by atoms with Gasteiger partial charge >= 0.3 is 0 Å². The van der Waals surface area contributed by atoms with Crippen LogP contribution in [0.25, 0.3) is 56.0 Å². The van der Waals surface area contributed by atoms with Gasteiger partial charge in [0.2, 0.25) is 0 Å². The minimum atomic E-state index is -0.149. The van der Waals surface area contributed by atoms with Crippen molar-refractivity contribution in [3.8, 4) is 27.9 Å². The second-order valence-corrected chi connectivity index (χ2v) is 15.8. The number of nitrogens with zero attached hydrogens (tertiary/aromatic N) is 4. The van der Waals surface area contributed by atoms with Crippen LogP contribution in [0.2, 0.25) is 0 Å². The molecule has 0 radical (unpaired) electrons. The van der Waals surface area contributed by atoms with Gasteiger partial charge < -0.3 is 4.57 Å². The summed E-state index contributed by atoms with van der Waals surface area (Å²) in [6.45, 7) is 4.68. The lowest BCUT2D eigenvalue weighted by molar-refractivity contribution is 0.660. The smallest absolute Gasteiger partial charge is 0.140 e. The predicted molar refractivity (Wildman–Crippen MR) is 236 cm³/mol. The molecule has 0 spiro atoms. The van der Waals surface area contributed by atoms with Gasteiger partial charge in [0, 0.05) is 45.9 Å². The molecule has 3 aromatic heterocycles. The van der Waals surface area contributed by atoms with Gasteiger partial charge in [-0.3, -0.25) is 9.88 Å². The highest BCUT2D eigenvalue weighted by Gasteiger charge is 2.38. The van der Waals surface area contributed by atoms with Crippen molar-refractivity contribution in [3.05, 3.63) is 210 Å². The number of benzene rings is 6. The van der Waals surface area contributed by atoms with Crippen molar-refractivity contribution < 1.29 is 0 Å². The first-order valence-electron chi connectivity index (χ1n) is 19.9. The second kappa shape index (κ2) is 13.0. The highest BCUT2D eigenvalue weighted by molar-refractivity contribution is 5.98. The number of allylic oxidation sites excluding steroid dienone is 1. The molecule has 0 aliphatic heterocycles. The maximum Gasteiger partial charge on any atom is 0.140 e. The molecule has 2 aliphatic rings. The molecule has 11 rings (SSSR count). The van der Waals surface area contributed by atoms with Crippen LogP contribution in [0.15, 0.2) is 182 Å². The van der Waals surface area contributed by atoms with E-state index < -0.39 is 0 Å². The fourth-order valence-electron chi connectivity index (χ4n) is 9.47. The number of hydrogen-bond acceptors (Lipinski definition) is 3. The van der Waals surface area contributed by atoms with Crippen LogP contribution in [-0.2, 0) is 11.8 Å². The van der Waals surface area contributed by atoms with Gasteiger partial charge in [0.1, 0.15) is 11.3 Å². The van der Waals surface area contributed by atoms with E-state index in [1.807, 2.05) is 12.3 Å². The van der Waals surface area contributed by atoms with Gasteiger partial charge in [-0.25, -0.2) is 4.98 Å². The molecule has 9 aromatic rings. The summed E-state index contributed by atoms with van der Waals surface area (Å²) in [4.78, 5) is 12.9. The third kappa shape index (κ3) is 5.28. The molecule has 0 saturated carbocycles. The zero-order chi connectivity index (χ0) is 38.1. The van der Waals surface area contributed by atoms with Gasteiger partial charge in [-0.1, -0.05) is 147 Å². The molecule has 4 nitrogen and oxygen atoms in total. The quantitative estimate of drug-likeness (QED) is 0.171. The van der Waals surface area contributed by atoms with E-state index >= 15 is 0 Å². The highest BCUT2D eigenvalue weighted by atomic mass is 15.2. The van der Waals surface area contributed by atoms with E-state index in [0.29, 0.717) is 5.92 Å². The first-order valence-corrected chi connectivity index (χ1v) is 19.9. The van der Waals surface area contributed by atoms with Crippen molar-refractivity contribution in [2.45, 2.75) is 31.6 Å². The fraction of sp³-hybridized carbons (Fsp3) is 0.0943. The van der Waals surface area contributed by atoms with E-state index in [-0.39, 0.29) is 5.41 Å². The molecule has 0 saturated heterocycles. The average Bonchev–Trinajstić information content (AvgIpc) is 3.72. The van der Waals surface area contributed by atoms with Gasteiger partial charge in [-0.2, -0.15) is 0 Å². The van der Waals surface area contributed by atoms with Crippen LogP contribution in [-0.4, -0.2) is 14.5 Å². The summed E-state index contributed by atoms with van der Waals surface area (Å²) in [5.41, 5.74) is 17.3. The van der Waals surface area contributed by atoms with Crippen LogP contribution in [0, 0.1) is 0 Å². The number of anilines is 3. The third-order valence-electron chi connectivity index (χ3n) is 12.2. The number of rotatable bonds is 6. The van der Waals surface area contributed by atoms with E-state index in [9.17, 15) is 0 Å². The van der Waals surface area contributed by atoms with Gasteiger partial charge in [-0.15, -0.1) is 0 Å². The molecule has 0 amide bonds. The van der Waals surface area contributed by atoms with Gasteiger partial charge in [-0.05, 0) is 87.8 Å². The van der Waals surface area contributed by atoms with Crippen LogP contribution < -0.4 is 4.90 Å². The molecule has 0 fully saturated rings. The Kier molecular flexibility index (Phi) is 7.62. The zero-order valence-corrected chi connectivity index (χ0v) is 32.0. The number of pyridine rings is 2. The lowest BCUT2D eigenvalue weighted by atomic mass is 9.82. The minimum absolute atomic E-state index is 0.149.